The van der Waals surface area contributed by atoms with Gasteiger partial charge in [-0.15, -0.1) is 0 Å². The van der Waals surface area contributed by atoms with Crippen LogP contribution in [-0.4, -0.2) is 55.4 Å². The van der Waals surface area contributed by atoms with Gasteiger partial charge in [0.2, 0.25) is 0 Å². The standard InChI is InChI=1S/C10H21N5/c1-8-7-14(3)4-5-15(8)10(13-2)9(12)6-11/h6,8H,4-5,7,11-12H2,1-3H3/b9-6+,13-10?. The Hall–Kier alpha value is -1.23. The number of amidine groups is 1. The first-order chi connectivity index (χ1) is 7.10. The van der Waals surface area contributed by atoms with Gasteiger partial charge in [-0.25, -0.2) is 0 Å². The lowest BCUT2D eigenvalue weighted by molar-refractivity contribution is 0.161. The minimum absolute atomic E-state index is 0.418. The van der Waals surface area contributed by atoms with Crippen LogP contribution in [0, 0.1) is 0 Å². The van der Waals surface area contributed by atoms with Crippen molar-refractivity contribution in [3.63, 3.8) is 0 Å². The van der Waals surface area contributed by atoms with Crippen molar-refractivity contribution in [1.82, 2.24) is 9.80 Å². The first-order valence-electron chi connectivity index (χ1n) is 5.19. The number of rotatable bonds is 1. The summed E-state index contributed by atoms with van der Waals surface area (Å²) in [5, 5.41) is 0. The maximum atomic E-state index is 5.81. The van der Waals surface area contributed by atoms with Crippen molar-refractivity contribution in [2.24, 2.45) is 16.5 Å². The summed E-state index contributed by atoms with van der Waals surface area (Å²) in [6.07, 6.45) is 1.41. The Kier molecular flexibility index (Phi) is 3.96. The number of aliphatic imine (C=N–C) groups is 1. The lowest BCUT2D eigenvalue weighted by atomic mass is 10.2. The van der Waals surface area contributed by atoms with Gasteiger partial charge in [-0.1, -0.05) is 0 Å². The Morgan fingerprint density at radius 1 is 1.47 bits per heavy atom. The summed E-state index contributed by atoms with van der Waals surface area (Å²) < 4.78 is 0. The fraction of sp³-hybridized carbons (Fsp3) is 0.700. The van der Waals surface area contributed by atoms with E-state index in [1.165, 1.54) is 6.20 Å². The molecule has 0 aromatic carbocycles. The number of nitrogens with two attached hydrogens (primary N) is 2. The second-order valence-electron chi connectivity index (χ2n) is 3.97. The van der Waals surface area contributed by atoms with Gasteiger partial charge >= 0.3 is 0 Å². The van der Waals surface area contributed by atoms with E-state index in [4.69, 9.17) is 11.5 Å². The molecule has 0 bridgehead atoms. The normalized spacial score (nSPS) is 25.8. The van der Waals surface area contributed by atoms with Crippen molar-refractivity contribution in [1.29, 1.82) is 0 Å². The number of hydrogen-bond donors (Lipinski definition) is 2. The molecule has 0 amide bonds. The third-order valence-electron chi connectivity index (χ3n) is 2.75. The molecule has 1 aliphatic heterocycles. The predicted molar refractivity (Wildman–Crippen MR) is 63.5 cm³/mol. The summed E-state index contributed by atoms with van der Waals surface area (Å²) in [5.41, 5.74) is 11.8. The average molecular weight is 211 g/mol. The van der Waals surface area contributed by atoms with Crippen molar-refractivity contribution in [2.45, 2.75) is 13.0 Å². The summed E-state index contributed by atoms with van der Waals surface area (Å²) >= 11 is 0. The van der Waals surface area contributed by atoms with Crippen LogP contribution < -0.4 is 11.5 Å². The highest BCUT2D eigenvalue weighted by atomic mass is 15.3. The Bertz CT molecular complexity index is 271. The molecular weight excluding hydrogens is 190 g/mol. The second kappa shape index (κ2) is 5.02. The van der Waals surface area contributed by atoms with Crippen LogP contribution in [-0.2, 0) is 0 Å². The van der Waals surface area contributed by atoms with Crippen LogP contribution in [0.1, 0.15) is 6.92 Å². The number of likely N-dealkylation sites (N-methyl/N-ethyl adjacent to an activating group) is 1. The molecule has 0 aromatic rings. The second-order valence-corrected chi connectivity index (χ2v) is 3.97. The SMILES string of the molecule is CN=C(/C(N)=C\N)N1CCN(C)CC1C. The van der Waals surface area contributed by atoms with Crippen LogP contribution in [0.5, 0.6) is 0 Å². The topological polar surface area (TPSA) is 70.9 Å². The largest absolute Gasteiger partial charge is 0.403 e. The van der Waals surface area contributed by atoms with Crippen LogP contribution in [0.25, 0.3) is 0 Å². The fourth-order valence-corrected chi connectivity index (χ4v) is 1.95. The zero-order chi connectivity index (χ0) is 11.4. The van der Waals surface area contributed by atoms with Crippen LogP contribution in [0.15, 0.2) is 16.9 Å². The molecular formula is C10H21N5. The molecule has 86 valence electrons. The van der Waals surface area contributed by atoms with E-state index in [1.807, 2.05) is 0 Å². The Morgan fingerprint density at radius 3 is 2.60 bits per heavy atom. The number of nitrogens with zero attached hydrogens (tertiary/aromatic N) is 3. The van der Waals surface area contributed by atoms with Crippen LogP contribution in [0.3, 0.4) is 0 Å². The molecule has 1 fully saturated rings. The maximum Gasteiger partial charge on any atom is 0.148 e. The van der Waals surface area contributed by atoms with Crippen molar-refractivity contribution in [3.8, 4) is 0 Å². The first-order valence-corrected chi connectivity index (χ1v) is 5.19. The van der Waals surface area contributed by atoms with E-state index in [-0.39, 0.29) is 0 Å². The lowest BCUT2D eigenvalue weighted by Crippen LogP contribution is -2.53. The molecule has 4 N–H and O–H groups in total. The molecule has 0 saturated carbocycles. The molecule has 1 unspecified atom stereocenters. The molecule has 1 saturated heterocycles. The maximum absolute atomic E-state index is 5.81. The molecule has 0 aliphatic carbocycles. The van der Waals surface area contributed by atoms with E-state index in [0.717, 1.165) is 25.5 Å². The van der Waals surface area contributed by atoms with Gasteiger partial charge in [0.1, 0.15) is 5.84 Å². The summed E-state index contributed by atoms with van der Waals surface area (Å²) in [4.78, 5) is 8.72. The molecule has 5 nitrogen and oxygen atoms in total. The molecule has 1 heterocycles. The van der Waals surface area contributed by atoms with E-state index < -0.39 is 0 Å². The van der Waals surface area contributed by atoms with E-state index in [0.29, 0.717) is 11.7 Å². The third-order valence-corrected chi connectivity index (χ3v) is 2.75. The van der Waals surface area contributed by atoms with Crippen LogP contribution in [0.2, 0.25) is 0 Å². The molecule has 1 atom stereocenters. The van der Waals surface area contributed by atoms with Crippen molar-refractivity contribution < 1.29 is 0 Å². The quantitative estimate of drug-likeness (QED) is 0.449. The van der Waals surface area contributed by atoms with Crippen molar-refractivity contribution >= 4 is 5.84 Å². The van der Waals surface area contributed by atoms with Gasteiger partial charge in [0.15, 0.2) is 0 Å². The molecule has 1 rings (SSSR count). The Labute approximate surface area is 91.4 Å². The Balaban J connectivity index is 2.78. The minimum atomic E-state index is 0.418. The monoisotopic (exact) mass is 211 g/mol. The minimum Gasteiger partial charge on any atom is -0.403 e. The smallest absolute Gasteiger partial charge is 0.148 e. The lowest BCUT2D eigenvalue weighted by Gasteiger charge is -2.40. The molecule has 1 aliphatic rings. The van der Waals surface area contributed by atoms with E-state index in [1.54, 1.807) is 7.05 Å². The molecule has 5 heteroatoms. The molecule has 0 aromatic heterocycles. The highest BCUT2D eigenvalue weighted by molar-refractivity contribution is 5.97. The average Bonchev–Trinajstić information content (AvgIpc) is 2.21. The van der Waals surface area contributed by atoms with E-state index >= 15 is 0 Å². The third kappa shape index (κ3) is 2.62. The van der Waals surface area contributed by atoms with Gasteiger partial charge in [-0.05, 0) is 14.0 Å². The van der Waals surface area contributed by atoms with Gasteiger partial charge < -0.3 is 21.3 Å². The van der Waals surface area contributed by atoms with Crippen LogP contribution >= 0.6 is 0 Å². The van der Waals surface area contributed by atoms with Gasteiger partial charge in [-0.3, -0.25) is 4.99 Å². The highest BCUT2D eigenvalue weighted by Crippen LogP contribution is 2.10. The van der Waals surface area contributed by atoms with Crippen molar-refractivity contribution in [2.75, 3.05) is 33.7 Å². The van der Waals surface area contributed by atoms with Gasteiger partial charge in [0.25, 0.3) is 0 Å². The predicted octanol–water partition coefficient (Wildman–Crippen LogP) is -0.591. The fourth-order valence-electron chi connectivity index (χ4n) is 1.95. The van der Waals surface area contributed by atoms with Gasteiger partial charge in [0.05, 0.1) is 5.70 Å². The van der Waals surface area contributed by atoms with Gasteiger partial charge in [0, 0.05) is 38.9 Å². The summed E-state index contributed by atoms with van der Waals surface area (Å²) in [5.74, 6) is 0.804. The number of piperazine rings is 1. The van der Waals surface area contributed by atoms with E-state index in [2.05, 4.69) is 28.8 Å². The zero-order valence-corrected chi connectivity index (χ0v) is 9.77. The first kappa shape index (κ1) is 11.8. The highest BCUT2D eigenvalue weighted by Gasteiger charge is 2.24. The molecule has 15 heavy (non-hydrogen) atoms. The van der Waals surface area contributed by atoms with Crippen LogP contribution in [0.4, 0.5) is 0 Å². The summed E-state index contributed by atoms with van der Waals surface area (Å²) in [7, 11) is 3.87. The van der Waals surface area contributed by atoms with Gasteiger partial charge in [-0.2, -0.15) is 0 Å². The molecule has 0 spiro atoms. The van der Waals surface area contributed by atoms with E-state index in [9.17, 15) is 0 Å². The summed E-state index contributed by atoms with van der Waals surface area (Å²) in [6.45, 7) is 5.17. The Morgan fingerprint density at radius 2 is 2.13 bits per heavy atom. The molecule has 0 radical (unpaired) electrons. The zero-order valence-electron chi connectivity index (χ0n) is 9.77. The summed E-state index contributed by atoms with van der Waals surface area (Å²) in [6, 6.07) is 0.418. The number of hydrogen-bond acceptors (Lipinski definition) is 4. The van der Waals surface area contributed by atoms with Crippen molar-refractivity contribution in [3.05, 3.63) is 11.9 Å².